The molecule has 2 nitrogen and oxygen atoms in total. The van der Waals surface area contributed by atoms with E-state index in [0.717, 1.165) is 6.42 Å². The molecule has 1 fully saturated rings. The monoisotopic (exact) mass is 806 g/mol. The summed E-state index contributed by atoms with van der Waals surface area (Å²) in [6.45, 7) is 29.1. The first-order valence-corrected chi connectivity index (χ1v) is 23.4. The van der Waals surface area contributed by atoms with Crippen LogP contribution in [0.15, 0.2) is 137 Å². The topological polar surface area (TPSA) is 6.48 Å². The van der Waals surface area contributed by atoms with E-state index < -0.39 is 0 Å². The average molecular weight is 807 g/mol. The second kappa shape index (κ2) is 13.5. The van der Waals surface area contributed by atoms with Crippen molar-refractivity contribution in [1.29, 1.82) is 0 Å². The predicted molar refractivity (Wildman–Crippen MR) is 262 cm³/mol. The van der Waals surface area contributed by atoms with Gasteiger partial charge in [-0.25, -0.2) is 0 Å². The molecule has 306 valence electrons. The van der Waals surface area contributed by atoms with Gasteiger partial charge in [-0.1, -0.05) is 159 Å². The smallest absolute Gasteiger partial charge is 0.238 e. The van der Waals surface area contributed by atoms with E-state index in [9.17, 15) is 0 Å². The summed E-state index contributed by atoms with van der Waals surface area (Å²) in [4.78, 5) is 5.57. The maximum Gasteiger partial charge on any atom is 0.238 e. The summed E-state index contributed by atoms with van der Waals surface area (Å²) in [6.07, 6.45) is 11.5. The number of thiophene rings is 1. The SMILES string of the molecule is CC1=CC2C3B(C4=C(CC5C(=C4)C(C)(C)CCC5(C)C)N2c2ccccc2-c2ccccc2C)c2sc4ccc(C(C)(C)C)cc4c2N(c2ccc(C(C)(C)C)cc2)C3=C1. The lowest BCUT2D eigenvalue weighted by molar-refractivity contribution is 0.120. The summed E-state index contributed by atoms with van der Waals surface area (Å²) >= 11 is 2.06. The standard InChI is InChI=1S/C56H63BN2S/c1-34-29-47-50-48(30-34)59(45-20-16-15-19-40(45)39-18-14-13-17-35(39)2)46-33-43-42(55(9,10)27-28-56(43,11)12)32-44(46)57(50)52-51(41-31-37(54(6,7)8)23-26-49(41)60-52)58(47)38-24-21-36(22-25-38)53(3,4)5/h13-26,29-32,43,48,50H,27-28,33H2,1-12H3. The van der Waals surface area contributed by atoms with E-state index in [-0.39, 0.29) is 40.2 Å². The highest BCUT2D eigenvalue weighted by Crippen LogP contribution is 2.62. The van der Waals surface area contributed by atoms with Gasteiger partial charge in [0.2, 0.25) is 6.71 Å². The first kappa shape index (κ1) is 39.6. The van der Waals surface area contributed by atoms with E-state index in [1.54, 1.807) is 11.0 Å². The number of allylic oxidation sites excluding steroid dienone is 6. The van der Waals surface area contributed by atoms with Gasteiger partial charge in [0.25, 0.3) is 0 Å². The van der Waals surface area contributed by atoms with Crippen LogP contribution in [0.4, 0.5) is 17.1 Å². The summed E-state index contributed by atoms with van der Waals surface area (Å²) in [5, 5.41) is 1.39. The Morgan fingerprint density at radius 1 is 0.733 bits per heavy atom. The van der Waals surface area contributed by atoms with Crippen LogP contribution in [0, 0.1) is 23.7 Å². The summed E-state index contributed by atoms with van der Waals surface area (Å²) < 4.78 is 2.92. The molecule has 10 rings (SSSR count). The zero-order valence-electron chi connectivity index (χ0n) is 38.1. The molecular formula is C56H63BN2S. The minimum absolute atomic E-state index is 0.0433. The second-order valence-corrected chi connectivity index (χ2v) is 23.3. The van der Waals surface area contributed by atoms with Gasteiger partial charge in [0.15, 0.2) is 0 Å². The van der Waals surface area contributed by atoms with E-state index in [2.05, 4.69) is 213 Å². The Morgan fingerprint density at radius 2 is 1.40 bits per heavy atom. The molecule has 3 heterocycles. The minimum Gasteiger partial charge on any atom is -0.338 e. The molecule has 0 bridgehead atoms. The van der Waals surface area contributed by atoms with Crippen LogP contribution in [0.5, 0.6) is 0 Å². The normalized spacial score (nSPS) is 23.0. The van der Waals surface area contributed by atoms with Gasteiger partial charge >= 0.3 is 0 Å². The number of benzene rings is 4. The molecule has 0 N–H and O–H groups in total. The number of hydrogen-bond donors (Lipinski definition) is 0. The van der Waals surface area contributed by atoms with Gasteiger partial charge in [0.1, 0.15) is 0 Å². The van der Waals surface area contributed by atoms with Crippen LogP contribution < -0.4 is 14.6 Å². The van der Waals surface area contributed by atoms with Gasteiger partial charge in [0.05, 0.1) is 11.7 Å². The van der Waals surface area contributed by atoms with Crippen LogP contribution in [0.25, 0.3) is 21.2 Å². The van der Waals surface area contributed by atoms with Crippen molar-refractivity contribution < 1.29 is 0 Å². The van der Waals surface area contributed by atoms with Crippen molar-refractivity contribution >= 4 is 50.0 Å². The molecule has 0 amide bonds. The molecule has 5 aliphatic rings. The number of nitrogens with zero attached hydrogens (tertiary/aromatic N) is 2. The minimum atomic E-state index is 0.0433. The Labute approximate surface area is 364 Å². The average Bonchev–Trinajstić information content (AvgIpc) is 3.57. The lowest BCUT2D eigenvalue weighted by Gasteiger charge is -2.57. The molecule has 0 saturated heterocycles. The first-order chi connectivity index (χ1) is 28.3. The maximum absolute atomic E-state index is 2.86. The van der Waals surface area contributed by atoms with Crippen LogP contribution in [0.2, 0.25) is 5.82 Å². The van der Waals surface area contributed by atoms with Gasteiger partial charge < -0.3 is 9.80 Å². The van der Waals surface area contributed by atoms with E-state index >= 15 is 0 Å². The third-order valence-corrected chi connectivity index (χ3v) is 16.5. The van der Waals surface area contributed by atoms with Gasteiger partial charge in [-0.15, -0.1) is 11.3 Å². The van der Waals surface area contributed by atoms with E-state index in [4.69, 9.17) is 0 Å². The molecule has 4 heteroatoms. The number of anilines is 3. The number of aryl methyl sites for hydroxylation is 1. The summed E-state index contributed by atoms with van der Waals surface area (Å²) in [7, 11) is 0. The van der Waals surface area contributed by atoms with Crippen LogP contribution in [0.1, 0.15) is 112 Å². The summed E-state index contributed by atoms with van der Waals surface area (Å²) in [5.74, 6) is 0.710. The van der Waals surface area contributed by atoms with Crippen LogP contribution >= 0.6 is 11.3 Å². The Morgan fingerprint density at radius 3 is 2.10 bits per heavy atom. The quantitative estimate of drug-likeness (QED) is 0.168. The van der Waals surface area contributed by atoms with Gasteiger partial charge in [-0.05, 0) is 119 Å². The lowest BCUT2D eigenvalue weighted by atomic mass is 9.29. The zero-order chi connectivity index (χ0) is 42.3. The zero-order valence-corrected chi connectivity index (χ0v) is 38.9. The molecule has 2 aliphatic heterocycles. The molecule has 0 spiro atoms. The molecular weight excluding hydrogens is 744 g/mol. The number of fused-ring (bicyclic) bond motifs is 6. The molecule has 60 heavy (non-hydrogen) atoms. The highest BCUT2D eigenvalue weighted by Gasteiger charge is 2.57. The molecule has 3 aliphatic carbocycles. The van der Waals surface area contributed by atoms with Gasteiger partial charge in [0, 0.05) is 49.0 Å². The number of rotatable bonds is 3. The van der Waals surface area contributed by atoms with Crippen molar-refractivity contribution in [1.82, 2.24) is 0 Å². The molecule has 1 aromatic heterocycles. The van der Waals surface area contributed by atoms with Crippen LogP contribution in [0.3, 0.4) is 0 Å². The largest absolute Gasteiger partial charge is 0.338 e. The fourth-order valence-electron chi connectivity index (χ4n) is 11.6. The van der Waals surface area contributed by atoms with Crippen molar-refractivity contribution in [2.75, 3.05) is 9.80 Å². The van der Waals surface area contributed by atoms with Crippen molar-refractivity contribution in [3.8, 4) is 11.1 Å². The van der Waals surface area contributed by atoms with E-state index in [1.165, 1.54) is 89.6 Å². The summed E-state index contributed by atoms with van der Waals surface area (Å²) in [6, 6.07) is 35.4. The van der Waals surface area contributed by atoms with Crippen LogP contribution in [-0.4, -0.2) is 12.8 Å². The molecule has 1 saturated carbocycles. The highest BCUT2D eigenvalue weighted by molar-refractivity contribution is 7.31. The second-order valence-electron chi connectivity index (χ2n) is 22.2. The van der Waals surface area contributed by atoms with Gasteiger partial charge in [-0.2, -0.15) is 0 Å². The Bertz CT molecular complexity index is 2700. The van der Waals surface area contributed by atoms with Crippen molar-refractivity contribution in [2.45, 2.75) is 125 Å². The fourth-order valence-corrected chi connectivity index (χ4v) is 13.0. The van der Waals surface area contributed by atoms with Crippen molar-refractivity contribution in [3.05, 3.63) is 154 Å². The number of para-hydroxylation sites is 1. The van der Waals surface area contributed by atoms with Crippen molar-refractivity contribution in [2.24, 2.45) is 16.7 Å². The third-order valence-electron chi connectivity index (χ3n) is 15.2. The molecule has 3 atom stereocenters. The van der Waals surface area contributed by atoms with Gasteiger partial charge in [-0.3, -0.25) is 0 Å². The predicted octanol–water partition coefficient (Wildman–Crippen LogP) is 15.0. The van der Waals surface area contributed by atoms with Crippen molar-refractivity contribution in [3.63, 3.8) is 0 Å². The Hall–Kier alpha value is -4.54. The van der Waals surface area contributed by atoms with Crippen LogP contribution in [-0.2, 0) is 10.8 Å². The summed E-state index contributed by atoms with van der Waals surface area (Å²) in [5.41, 5.74) is 18.7. The third kappa shape index (κ3) is 6.09. The fraction of sp³-hybridized carbons (Fsp3) is 0.393. The first-order valence-electron chi connectivity index (χ1n) is 22.6. The number of hydrogen-bond acceptors (Lipinski definition) is 3. The Kier molecular flexibility index (Phi) is 8.90. The lowest BCUT2D eigenvalue weighted by Crippen LogP contribution is -2.59. The molecule has 0 radical (unpaired) electrons. The molecule has 4 aromatic carbocycles. The van der Waals surface area contributed by atoms with E-state index in [0.29, 0.717) is 5.92 Å². The maximum atomic E-state index is 2.86. The van der Waals surface area contributed by atoms with E-state index in [1.807, 2.05) is 0 Å². The highest BCUT2D eigenvalue weighted by atomic mass is 32.1. The Balaban J connectivity index is 1.30. The molecule has 5 aromatic rings. The molecule has 3 unspecified atom stereocenters.